The van der Waals surface area contributed by atoms with Gasteiger partial charge in [-0.25, -0.2) is 0 Å². The zero-order valence-electron chi connectivity index (χ0n) is 15.8. The van der Waals surface area contributed by atoms with Crippen LogP contribution in [0, 0.1) is 0 Å². The summed E-state index contributed by atoms with van der Waals surface area (Å²) >= 11 is 6.56. The number of carbonyl (C=O) groups excluding carboxylic acids is 2. The second-order valence-electron chi connectivity index (χ2n) is 7.13. The number of rotatable bonds is 5. The number of fused-ring (bicyclic) bond motifs is 1. The number of thioether (sulfide) groups is 1. The summed E-state index contributed by atoms with van der Waals surface area (Å²) in [7, 11) is 0. The Kier molecular flexibility index (Phi) is 6.07. The van der Waals surface area contributed by atoms with Crippen molar-refractivity contribution >= 4 is 46.2 Å². The van der Waals surface area contributed by atoms with E-state index in [1.807, 2.05) is 12.1 Å². The monoisotopic (exact) mass is 434 g/mol. The molecular formula is C20H22N2O5S2. The Bertz CT molecular complexity index is 870. The first-order chi connectivity index (χ1) is 14.1. The summed E-state index contributed by atoms with van der Waals surface area (Å²) in [6, 6.07) is 5.49. The summed E-state index contributed by atoms with van der Waals surface area (Å²) in [5.41, 5.74) is 0.806. The van der Waals surface area contributed by atoms with Gasteiger partial charge in [0, 0.05) is 19.2 Å². The van der Waals surface area contributed by atoms with Crippen molar-refractivity contribution in [1.82, 2.24) is 9.80 Å². The van der Waals surface area contributed by atoms with Gasteiger partial charge in [0.25, 0.3) is 5.91 Å². The topological polar surface area (TPSA) is 79.3 Å². The van der Waals surface area contributed by atoms with Crippen LogP contribution in [0.4, 0.5) is 0 Å². The van der Waals surface area contributed by atoms with Crippen LogP contribution in [0.15, 0.2) is 23.1 Å². The number of hydrogen-bond acceptors (Lipinski definition) is 7. The van der Waals surface area contributed by atoms with Gasteiger partial charge in [0.05, 0.1) is 4.91 Å². The summed E-state index contributed by atoms with van der Waals surface area (Å²) in [6.07, 6.45) is 5.19. The van der Waals surface area contributed by atoms with Crippen LogP contribution in [-0.2, 0) is 9.59 Å². The average molecular weight is 435 g/mol. The molecule has 154 valence electrons. The Labute approximate surface area is 178 Å². The second kappa shape index (κ2) is 8.73. The molecule has 1 atom stereocenters. The van der Waals surface area contributed by atoms with E-state index < -0.39 is 0 Å². The van der Waals surface area contributed by atoms with Gasteiger partial charge in [-0.15, -0.1) is 0 Å². The molecule has 2 fully saturated rings. The molecule has 3 aliphatic rings. The number of nitrogens with zero attached hydrogens (tertiary/aromatic N) is 2. The van der Waals surface area contributed by atoms with Crippen LogP contribution in [-0.4, -0.2) is 63.6 Å². The second-order valence-corrected chi connectivity index (χ2v) is 8.81. The molecule has 1 aromatic carbocycles. The first-order valence-corrected chi connectivity index (χ1v) is 10.8. The Hall–Kier alpha value is -2.10. The molecule has 1 N–H and O–H groups in total. The Morgan fingerprint density at radius 1 is 1.31 bits per heavy atom. The van der Waals surface area contributed by atoms with E-state index in [0.717, 1.165) is 24.8 Å². The molecular weight excluding hydrogens is 412 g/mol. The van der Waals surface area contributed by atoms with Crippen molar-refractivity contribution in [2.45, 2.75) is 31.7 Å². The summed E-state index contributed by atoms with van der Waals surface area (Å²) in [5, 5.41) is 9.27. The highest BCUT2D eigenvalue weighted by molar-refractivity contribution is 8.26. The fourth-order valence-corrected chi connectivity index (χ4v) is 5.05. The lowest BCUT2D eigenvalue weighted by Gasteiger charge is -2.36. The van der Waals surface area contributed by atoms with Crippen LogP contribution in [0.3, 0.4) is 0 Å². The number of amides is 2. The molecule has 0 spiro atoms. The van der Waals surface area contributed by atoms with Crippen LogP contribution in [0.25, 0.3) is 6.08 Å². The predicted molar refractivity (Wildman–Crippen MR) is 113 cm³/mol. The number of piperidine rings is 1. The smallest absolute Gasteiger partial charge is 0.266 e. The minimum Gasteiger partial charge on any atom is -0.454 e. The maximum atomic E-state index is 12.9. The van der Waals surface area contributed by atoms with Crippen LogP contribution in [0.1, 0.15) is 31.2 Å². The molecule has 29 heavy (non-hydrogen) atoms. The molecule has 1 unspecified atom stereocenters. The molecule has 0 aliphatic carbocycles. The summed E-state index contributed by atoms with van der Waals surface area (Å²) in [4.78, 5) is 29.4. The first kappa shape index (κ1) is 20.2. The molecule has 2 amide bonds. The fraction of sp³-hybridized carbons (Fsp3) is 0.450. The Morgan fingerprint density at radius 2 is 2.14 bits per heavy atom. The minimum atomic E-state index is -0.262. The van der Waals surface area contributed by atoms with Gasteiger partial charge in [0.2, 0.25) is 12.7 Å². The molecule has 3 aliphatic heterocycles. The van der Waals surface area contributed by atoms with Gasteiger partial charge in [-0.1, -0.05) is 30.0 Å². The zero-order valence-corrected chi connectivity index (χ0v) is 17.5. The van der Waals surface area contributed by atoms with Crippen molar-refractivity contribution in [2.75, 3.05) is 26.5 Å². The molecule has 0 saturated carbocycles. The highest BCUT2D eigenvalue weighted by Gasteiger charge is 2.36. The molecule has 7 nitrogen and oxygen atoms in total. The third kappa shape index (κ3) is 4.26. The number of thiocarbonyl (C=S) groups is 1. The quantitative estimate of drug-likeness (QED) is 0.563. The van der Waals surface area contributed by atoms with Gasteiger partial charge in [-0.2, -0.15) is 0 Å². The summed E-state index contributed by atoms with van der Waals surface area (Å²) in [5.74, 6) is 0.939. The number of aliphatic hydroxyl groups excluding tert-OH is 1. The lowest BCUT2D eigenvalue weighted by molar-refractivity contribution is -0.138. The number of hydrogen-bond donors (Lipinski definition) is 1. The van der Waals surface area contributed by atoms with Crippen molar-refractivity contribution in [3.8, 4) is 11.5 Å². The lowest BCUT2D eigenvalue weighted by Crippen LogP contribution is -2.49. The van der Waals surface area contributed by atoms with E-state index >= 15 is 0 Å². The Morgan fingerprint density at radius 3 is 2.97 bits per heavy atom. The van der Waals surface area contributed by atoms with E-state index in [9.17, 15) is 14.7 Å². The maximum absolute atomic E-state index is 12.9. The average Bonchev–Trinajstić information content (AvgIpc) is 3.28. The van der Waals surface area contributed by atoms with E-state index in [0.29, 0.717) is 33.7 Å². The van der Waals surface area contributed by atoms with Crippen molar-refractivity contribution in [3.05, 3.63) is 28.7 Å². The molecule has 0 radical (unpaired) electrons. The molecule has 4 rings (SSSR count). The fourth-order valence-electron chi connectivity index (χ4n) is 3.79. The molecule has 1 aromatic rings. The van der Waals surface area contributed by atoms with Crippen LogP contribution < -0.4 is 9.47 Å². The lowest BCUT2D eigenvalue weighted by atomic mass is 9.99. The van der Waals surface area contributed by atoms with E-state index in [-0.39, 0.29) is 37.8 Å². The van der Waals surface area contributed by atoms with E-state index in [4.69, 9.17) is 21.7 Å². The van der Waals surface area contributed by atoms with Gasteiger partial charge < -0.3 is 19.5 Å². The Balaban J connectivity index is 1.46. The number of likely N-dealkylation sites (tertiary alicyclic amines) is 1. The third-order valence-electron chi connectivity index (χ3n) is 5.27. The van der Waals surface area contributed by atoms with Gasteiger partial charge in [0.1, 0.15) is 10.9 Å². The standard InChI is InChI=1S/C20H22N2O5S2/c23-8-6-14-3-1-2-7-21(14)18(24)11-22-19(25)17(29-20(22)28)10-13-4-5-15-16(9-13)27-12-26-15/h4-5,9-10,14,23H,1-3,6-8,11-12H2. The maximum Gasteiger partial charge on any atom is 0.266 e. The zero-order chi connectivity index (χ0) is 20.4. The summed E-state index contributed by atoms with van der Waals surface area (Å²) in [6.45, 7) is 0.834. The summed E-state index contributed by atoms with van der Waals surface area (Å²) < 4.78 is 11.1. The largest absolute Gasteiger partial charge is 0.454 e. The normalized spacial score (nSPS) is 22.7. The number of ether oxygens (including phenoxy) is 2. The third-order valence-corrected chi connectivity index (χ3v) is 6.65. The minimum absolute atomic E-state index is 0.0313. The SMILES string of the molecule is O=C1C(=Cc2ccc3c(c2)OCO3)SC(=S)N1CC(=O)N1CCCCC1CCO. The van der Waals surface area contributed by atoms with E-state index in [2.05, 4.69) is 0 Å². The molecule has 0 aromatic heterocycles. The molecule has 9 heteroatoms. The highest BCUT2D eigenvalue weighted by Crippen LogP contribution is 2.36. The molecule has 0 bridgehead atoms. The van der Waals surface area contributed by atoms with Crippen LogP contribution in [0.2, 0.25) is 0 Å². The molecule has 2 saturated heterocycles. The van der Waals surface area contributed by atoms with Gasteiger partial charge in [-0.05, 0) is 49.5 Å². The van der Waals surface area contributed by atoms with Crippen molar-refractivity contribution in [3.63, 3.8) is 0 Å². The first-order valence-electron chi connectivity index (χ1n) is 9.62. The van der Waals surface area contributed by atoms with Crippen LogP contribution >= 0.6 is 24.0 Å². The number of carbonyl (C=O) groups is 2. The van der Waals surface area contributed by atoms with Crippen LogP contribution in [0.5, 0.6) is 11.5 Å². The predicted octanol–water partition coefficient (Wildman–Crippen LogP) is 2.38. The van der Waals surface area contributed by atoms with E-state index in [1.54, 1.807) is 17.0 Å². The van der Waals surface area contributed by atoms with Gasteiger partial charge in [0.15, 0.2) is 11.5 Å². The highest BCUT2D eigenvalue weighted by atomic mass is 32.2. The van der Waals surface area contributed by atoms with Crippen molar-refractivity contribution < 1.29 is 24.2 Å². The number of aliphatic hydroxyl groups is 1. The molecule has 3 heterocycles. The van der Waals surface area contributed by atoms with Crippen molar-refractivity contribution in [2.24, 2.45) is 0 Å². The van der Waals surface area contributed by atoms with Gasteiger partial charge in [-0.3, -0.25) is 14.5 Å². The van der Waals surface area contributed by atoms with E-state index in [1.165, 1.54) is 16.7 Å². The van der Waals surface area contributed by atoms with Gasteiger partial charge >= 0.3 is 0 Å². The van der Waals surface area contributed by atoms with Crippen molar-refractivity contribution in [1.29, 1.82) is 0 Å². The number of benzene rings is 1.